The first-order valence-electron chi connectivity index (χ1n) is 10.7. The summed E-state index contributed by atoms with van der Waals surface area (Å²) in [6, 6.07) is 14.9. The highest BCUT2D eigenvalue weighted by Crippen LogP contribution is 2.26. The van der Waals surface area contributed by atoms with Crippen molar-refractivity contribution in [2.24, 2.45) is 0 Å². The number of unbranched alkanes of at least 4 members (excludes halogenated alkanes) is 1. The monoisotopic (exact) mass is 458 g/mol. The average molecular weight is 459 g/mol. The van der Waals surface area contributed by atoms with E-state index in [1.54, 1.807) is 13.2 Å². The maximum absolute atomic E-state index is 12.4. The second-order valence-corrected chi connectivity index (χ2v) is 7.46. The first-order valence-corrected chi connectivity index (χ1v) is 10.7. The lowest BCUT2D eigenvalue weighted by molar-refractivity contribution is -0.116. The molecule has 0 aliphatic heterocycles. The van der Waals surface area contributed by atoms with Crippen LogP contribution in [-0.4, -0.2) is 54.4 Å². The van der Waals surface area contributed by atoms with Gasteiger partial charge in [-0.05, 0) is 44.1 Å². The van der Waals surface area contributed by atoms with Crippen molar-refractivity contribution >= 4 is 34.8 Å². The molecule has 0 unspecified atom stereocenters. The Bertz CT molecular complexity index is 1070. The molecular formula is C24H31ClN4O3. The first kappa shape index (κ1) is 25.5. The standard InChI is InChI=1S/C24H30N4O3.ClH/c1-3-28(15-16-31-2)14-7-6-13-22(29)25-19-10-8-9-18(17-19)23-20-11-4-5-12-21(20)24(30)27-26-23;/h4-5,8-12,17H,3,6-7,13-16H2,1-2H3,(H,25,29)(H,27,30);1H. The molecule has 0 saturated carbocycles. The molecule has 0 atom stereocenters. The zero-order valence-electron chi connectivity index (χ0n) is 18.6. The number of amides is 1. The number of benzene rings is 2. The van der Waals surface area contributed by atoms with Gasteiger partial charge in [0.15, 0.2) is 0 Å². The lowest BCUT2D eigenvalue weighted by Gasteiger charge is -2.19. The van der Waals surface area contributed by atoms with Gasteiger partial charge in [-0.3, -0.25) is 9.59 Å². The number of halogens is 1. The van der Waals surface area contributed by atoms with E-state index in [-0.39, 0.29) is 23.9 Å². The summed E-state index contributed by atoms with van der Waals surface area (Å²) in [6.07, 6.45) is 2.28. The summed E-state index contributed by atoms with van der Waals surface area (Å²) in [5, 5.41) is 11.1. The number of likely N-dealkylation sites (N-methyl/N-ethyl adjacent to an activating group) is 1. The number of aromatic amines is 1. The van der Waals surface area contributed by atoms with Crippen molar-refractivity contribution in [1.82, 2.24) is 15.1 Å². The number of methoxy groups -OCH3 is 1. The molecule has 0 bridgehead atoms. The third kappa shape index (κ3) is 6.88. The number of ether oxygens (including phenoxy) is 1. The summed E-state index contributed by atoms with van der Waals surface area (Å²) in [7, 11) is 1.71. The smallest absolute Gasteiger partial charge is 0.272 e. The van der Waals surface area contributed by atoms with E-state index in [0.717, 1.165) is 55.7 Å². The van der Waals surface area contributed by atoms with Gasteiger partial charge in [-0.25, -0.2) is 5.10 Å². The molecule has 0 aliphatic carbocycles. The van der Waals surface area contributed by atoms with Gasteiger partial charge in [0.2, 0.25) is 5.91 Å². The number of hydrogen-bond acceptors (Lipinski definition) is 5. The van der Waals surface area contributed by atoms with Crippen LogP contribution in [0, 0.1) is 0 Å². The van der Waals surface area contributed by atoms with Gasteiger partial charge in [0.05, 0.1) is 17.7 Å². The largest absolute Gasteiger partial charge is 0.383 e. The molecule has 0 radical (unpaired) electrons. The van der Waals surface area contributed by atoms with E-state index >= 15 is 0 Å². The number of fused-ring (bicyclic) bond motifs is 1. The molecule has 0 fully saturated rings. The average Bonchev–Trinajstić information content (AvgIpc) is 2.79. The molecular weight excluding hydrogens is 428 g/mol. The van der Waals surface area contributed by atoms with Gasteiger partial charge >= 0.3 is 0 Å². The quantitative estimate of drug-likeness (QED) is 0.422. The van der Waals surface area contributed by atoms with E-state index in [1.165, 1.54) is 0 Å². The summed E-state index contributed by atoms with van der Waals surface area (Å²) >= 11 is 0. The number of H-pyrrole nitrogens is 1. The number of nitrogens with one attached hydrogen (secondary N) is 2. The molecule has 2 N–H and O–H groups in total. The van der Waals surface area contributed by atoms with Crippen molar-refractivity contribution < 1.29 is 9.53 Å². The van der Waals surface area contributed by atoms with Crippen molar-refractivity contribution in [2.75, 3.05) is 38.7 Å². The lowest BCUT2D eigenvalue weighted by Crippen LogP contribution is -2.28. The van der Waals surface area contributed by atoms with Crippen LogP contribution in [0.25, 0.3) is 22.0 Å². The summed E-state index contributed by atoms with van der Waals surface area (Å²) in [5.74, 6) is -0.00336. The maximum Gasteiger partial charge on any atom is 0.272 e. The van der Waals surface area contributed by atoms with E-state index in [1.807, 2.05) is 42.5 Å². The maximum atomic E-state index is 12.4. The summed E-state index contributed by atoms with van der Waals surface area (Å²) < 4.78 is 5.13. The zero-order valence-corrected chi connectivity index (χ0v) is 19.4. The van der Waals surface area contributed by atoms with Crippen molar-refractivity contribution in [3.8, 4) is 11.3 Å². The number of carbonyl (C=O) groups excluding carboxylic acids is 1. The fraction of sp³-hybridized carbons (Fsp3) is 0.375. The normalized spacial score (nSPS) is 10.8. The Morgan fingerprint density at radius 1 is 1.09 bits per heavy atom. The summed E-state index contributed by atoms with van der Waals surface area (Å²) in [6.45, 7) is 5.72. The summed E-state index contributed by atoms with van der Waals surface area (Å²) in [4.78, 5) is 26.8. The number of carbonyl (C=O) groups is 1. The minimum atomic E-state index is -0.215. The third-order valence-electron chi connectivity index (χ3n) is 5.30. The molecule has 1 amide bonds. The fourth-order valence-corrected chi connectivity index (χ4v) is 3.57. The second kappa shape index (κ2) is 13.0. The Morgan fingerprint density at radius 3 is 2.62 bits per heavy atom. The van der Waals surface area contributed by atoms with Gasteiger partial charge in [0.25, 0.3) is 5.56 Å². The highest BCUT2D eigenvalue weighted by molar-refractivity contribution is 5.95. The molecule has 8 heteroatoms. The van der Waals surface area contributed by atoms with E-state index in [0.29, 0.717) is 17.5 Å². The number of nitrogens with zero attached hydrogens (tertiary/aromatic N) is 2. The number of hydrogen-bond donors (Lipinski definition) is 2. The molecule has 1 heterocycles. The Morgan fingerprint density at radius 2 is 1.88 bits per heavy atom. The Hall–Kier alpha value is -2.74. The van der Waals surface area contributed by atoms with Crippen molar-refractivity contribution in [3.63, 3.8) is 0 Å². The zero-order chi connectivity index (χ0) is 22.1. The highest BCUT2D eigenvalue weighted by Gasteiger charge is 2.10. The van der Waals surface area contributed by atoms with E-state index < -0.39 is 0 Å². The summed E-state index contributed by atoms with van der Waals surface area (Å²) in [5.41, 5.74) is 2.02. The third-order valence-corrected chi connectivity index (χ3v) is 5.30. The minimum Gasteiger partial charge on any atom is -0.383 e. The van der Waals surface area contributed by atoms with Crippen LogP contribution >= 0.6 is 12.4 Å². The minimum absolute atomic E-state index is 0. The van der Waals surface area contributed by atoms with Gasteiger partial charge in [-0.2, -0.15) is 5.10 Å². The van der Waals surface area contributed by atoms with Crippen LogP contribution in [-0.2, 0) is 9.53 Å². The van der Waals surface area contributed by atoms with Crippen molar-refractivity contribution in [2.45, 2.75) is 26.2 Å². The Labute approximate surface area is 194 Å². The van der Waals surface area contributed by atoms with Gasteiger partial charge in [-0.1, -0.05) is 37.3 Å². The predicted octanol–water partition coefficient (Wildman–Crippen LogP) is 4.09. The van der Waals surface area contributed by atoms with E-state index in [2.05, 4.69) is 27.3 Å². The molecule has 0 aliphatic rings. The molecule has 0 saturated heterocycles. The van der Waals surface area contributed by atoms with Crippen molar-refractivity contribution in [3.05, 3.63) is 58.9 Å². The number of rotatable bonds is 11. The molecule has 0 spiro atoms. The number of anilines is 1. The molecule has 172 valence electrons. The highest BCUT2D eigenvalue weighted by atomic mass is 35.5. The predicted molar refractivity (Wildman–Crippen MR) is 132 cm³/mol. The SMILES string of the molecule is CCN(CCCCC(=O)Nc1cccc(-c2n[nH]c(=O)c3ccccc23)c1)CCOC.Cl. The van der Waals surface area contributed by atoms with Gasteiger partial charge < -0.3 is 15.0 Å². The second-order valence-electron chi connectivity index (χ2n) is 7.46. The molecule has 1 aromatic heterocycles. The fourth-order valence-electron chi connectivity index (χ4n) is 3.57. The van der Waals surface area contributed by atoms with Crippen LogP contribution in [0.5, 0.6) is 0 Å². The molecule has 32 heavy (non-hydrogen) atoms. The van der Waals surface area contributed by atoms with Crippen LogP contribution in [0.1, 0.15) is 26.2 Å². The lowest BCUT2D eigenvalue weighted by atomic mass is 10.0. The number of aromatic nitrogens is 2. The van der Waals surface area contributed by atoms with E-state index in [4.69, 9.17) is 4.74 Å². The van der Waals surface area contributed by atoms with Crippen LogP contribution < -0.4 is 10.9 Å². The van der Waals surface area contributed by atoms with Crippen LogP contribution in [0.3, 0.4) is 0 Å². The van der Waals surface area contributed by atoms with Gasteiger partial charge in [0, 0.05) is 36.7 Å². The van der Waals surface area contributed by atoms with Crippen molar-refractivity contribution in [1.29, 1.82) is 0 Å². The molecule has 3 rings (SSSR count). The Kier molecular flexibility index (Phi) is 10.3. The first-order chi connectivity index (χ1) is 15.1. The van der Waals surface area contributed by atoms with Crippen LogP contribution in [0.4, 0.5) is 5.69 Å². The van der Waals surface area contributed by atoms with Gasteiger partial charge in [0.1, 0.15) is 0 Å². The topological polar surface area (TPSA) is 87.3 Å². The van der Waals surface area contributed by atoms with Gasteiger partial charge in [-0.15, -0.1) is 12.4 Å². The van der Waals surface area contributed by atoms with Crippen LogP contribution in [0.15, 0.2) is 53.3 Å². The molecule has 2 aromatic carbocycles. The van der Waals surface area contributed by atoms with Crippen LogP contribution in [0.2, 0.25) is 0 Å². The Balaban J connectivity index is 0.00000363. The molecule has 3 aromatic rings. The van der Waals surface area contributed by atoms with E-state index in [9.17, 15) is 9.59 Å². The molecule has 7 nitrogen and oxygen atoms in total.